The van der Waals surface area contributed by atoms with Gasteiger partial charge in [-0.3, -0.25) is 4.79 Å². The van der Waals surface area contributed by atoms with Crippen LogP contribution < -0.4 is 16.2 Å². The Hall–Kier alpha value is -2.15. The van der Waals surface area contributed by atoms with Crippen LogP contribution in [0.15, 0.2) is 24.3 Å². The lowest BCUT2D eigenvalue weighted by molar-refractivity contribution is 0.0996. The molecular weight excluding hydrogens is 240 g/mol. The summed E-state index contributed by atoms with van der Waals surface area (Å²) in [6, 6.07) is 6.75. The van der Waals surface area contributed by atoms with Gasteiger partial charge < -0.3 is 16.2 Å². The third-order valence-electron chi connectivity index (χ3n) is 1.99. The highest BCUT2D eigenvalue weighted by Gasteiger charge is 2.09. The highest BCUT2D eigenvalue weighted by molar-refractivity contribution is 7.15. The summed E-state index contributed by atoms with van der Waals surface area (Å²) in [5.74, 6) is -0.105. The standard InChI is InChI=1S/C10H10N4O2S/c11-9(15)6-3-1-2-4-7(6)16-5-8-13-14-10(12)17-8/h1-4H,5H2,(H2,11,15)(H2,12,14). The van der Waals surface area contributed by atoms with E-state index in [1.54, 1.807) is 24.3 Å². The van der Waals surface area contributed by atoms with Crippen LogP contribution >= 0.6 is 11.3 Å². The van der Waals surface area contributed by atoms with Gasteiger partial charge >= 0.3 is 0 Å². The average molecular weight is 250 g/mol. The highest BCUT2D eigenvalue weighted by Crippen LogP contribution is 2.20. The summed E-state index contributed by atoms with van der Waals surface area (Å²) in [5, 5.41) is 8.49. The molecular formula is C10H10N4O2S. The lowest BCUT2D eigenvalue weighted by Crippen LogP contribution is -2.12. The van der Waals surface area contributed by atoms with Gasteiger partial charge in [-0.1, -0.05) is 23.5 Å². The first-order valence-electron chi connectivity index (χ1n) is 4.76. The number of nitrogen functional groups attached to an aromatic ring is 1. The molecule has 7 heteroatoms. The molecule has 0 saturated heterocycles. The summed E-state index contributed by atoms with van der Waals surface area (Å²) in [6.45, 7) is 0.207. The molecule has 2 aromatic rings. The molecule has 0 radical (unpaired) electrons. The first-order chi connectivity index (χ1) is 8.16. The number of aromatic nitrogens is 2. The van der Waals surface area contributed by atoms with Crippen LogP contribution in [0.1, 0.15) is 15.4 Å². The van der Waals surface area contributed by atoms with Crippen LogP contribution in [0.5, 0.6) is 5.75 Å². The van der Waals surface area contributed by atoms with Gasteiger partial charge in [-0.2, -0.15) is 0 Å². The molecule has 0 bridgehead atoms. The molecule has 0 fully saturated rings. The maximum absolute atomic E-state index is 11.1. The summed E-state index contributed by atoms with van der Waals surface area (Å²) >= 11 is 1.24. The third kappa shape index (κ3) is 2.70. The molecule has 0 aliphatic heterocycles. The molecule has 2 rings (SSSR count). The lowest BCUT2D eigenvalue weighted by atomic mass is 10.2. The van der Waals surface area contributed by atoms with Crippen molar-refractivity contribution in [2.24, 2.45) is 5.73 Å². The molecule has 1 aromatic heterocycles. The average Bonchev–Trinajstić information content (AvgIpc) is 2.73. The second kappa shape index (κ2) is 4.79. The minimum absolute atomic E-state index is 0.207. The van der Waals surface area contributed by atoms with Crippen molar-refractivity contribution in [3.05, 3.63) is 34.8 Å². The van der Waals surface area contributed by atoms with Crippen LogP contribution in [0.2, 0.25) is 0 Å². The van der Waals surface area contributed by atoms with Crippen LogP contribution in [0, 0.1) is 0 Å². The third-order valence-corrected chi connectivity index (χ3v) is 2.71. The van der Waals surface area contributed by atoms with Gasteiger partial charge in [0.25, 0.3) is 5.91 Å². The molecule has 17 heavy (non-hydrogen) atoms. The lowest BCUT2D eigenvalue weighted by Gasteiger charge is -2.07. The number of amides is 1. The number of rotatable bonds is 4. The summed E-state index contributed by atoms with van der Waals surface area (Å²) < 4.78 is 5.45. The number of primary amides is 1. The van der Waals surface area contributed by atoms with Crippen molar-refractivity contribution in [2.75, 3.05) is 5.73 Å². The predicted molar refractivity (Wildman–Crippen MR) is 63.6 cm³/mol. The van der Waals surface area contributed by atoms with Crippen LogP contribution in [0.25, 0.3) is 0 Å². The van der Waals surface area contributed by atoms with Crippen molar-refractivity contribution in [3.63, 3.8) is 0 Å². The molecule has 0 unspecified atom stereocenters. The monoisotopic (exact) mass is 250 g/mol. The normalized spacial score (nSPS) is 10.1. The van der Waals surface area contributed by atoms with Gasteiger partial charge in [0.15, 0.2) is 5.01 Å². The summed E-state index contributed by atoms with van der Waals surface area (Å²) in [6.07, 6.45) is 0. The minimum atomic E-state index is -0.530. The largest absolute Gasteiger partial charge is 0.486 e. The van der Waals surface area contributed by atoms with E-state index in [1.807, 2.05) is 0 Å². The molecule has 88 valence electrons. The van der Waals surface area contributed by atoms with Gasteiger partial charge in [-0.25, -0.2) is 0 Å². The number of carbonyl (C=O) groups excluding carboxylic acids is 1. The van der Waals surface area contributed by atoms with E-state index in [0.717, 1.165) is 0 Å². The first-order valence-corrected chi connectivity index (χ1v) is 5.58. The Balaban J connectivity index is 2.11. The number of hydrogen-bond donors (Lipinski definition) is 2. The number of benzene rings is 1. The van der Waals surface area contributed by atoms with E-state index in [2.05, 4.69) is 10.2 Å². The van der Waals surface area contributed by atoms with Crippen molar-refractivity contribution in [1.82, 2.24) is 10.2 Å². The molecule has 0 aliphatic carbocycles. The van der Waals surface area contributed by atoms with Crippen LogP contribution in [0.4, 0.5) is 5.13 Å². The molecule has 0 spiro atoms. The zero-order valence-corrected chi connectivity index (χ0v) is 9.61. The second-order valence-electron chi connectivity index (χ2n) is 3.18. The first kappa shape index (κ1) is 11.3. The second-order valence-corrected chi connectivity index (χ2v) is 4.28. The predicted octanol–water partition coefficient (Wildman–Crippen LogP) is 0.798. The Bertz CT molecular complexity index is 541. The van der Waals surface area contributed by atoms with Crippen molar-refractivity contribution < 1.29 is 9.53 Å². The number of hydrogen-bond acceptors (Lipinski definition) is 6. The van der Waals surface area contributed by atoms with Gasteiger partial charge in [0.1, 0.15) is 12.4 Å². The van der Waals surface area contributed by atoms with Gasteiger partial charge in [-0.15, -0.1) is 10.2 Å². The number of nitrogens with zero attached hydrogens (tertiary/aromatic N) is 2. The fourth-order valence-corrected chi connectivity index (χ4v) is 1.78. The van der Waals surface area contributed by atoms with E-state index in [4.69, 9.17) is 16.2 Å². The number of anilines is 1. The van der Waals surface area contributed by atoms with Crippen molar-refractivity contribution >= 4 is 22.4 Å². The van der Waals surface area contributed by atoms with Crippen LogP contribution in [0.3, 0.4) is 0 Å². The van der Waals surface area contributed by atoms with Gasteiger partial charge in [0.2, 0.25) is 5.13 Å². The maximum atomic E-state index is 11.1. The fraction of sp³-hybridized carbons (Fsp3) is 0.100. The molecule has 1 amide bonds. The smallest absolute Gasteiger partial charge is 0.252 e. The molecule has 6 nitrogen and oxygen atoms in total. The Labute approximate surface area is 101 Å². The molecule has 4 N–H and O–H groups in total. The van der Waals surface area contributed by atoms with E-state index in [-0.39, 0.29) is 6.61 Å². The number of para-hydroxylation sites is 1. The van der Waals surface area contributed by atoms with Crippen molar-refractivity contribution in [1.29, 1.82) is 0 Å². The van der Waals surface area contributed by atoms with E-state index < -0.39 is 5.91 Å². The van der Waals surface area contributed by atoms with Crippen molar-refractivity contribution in [2.45, 2.75) is 6.61 Å². The topological polar surface area (TPSA) is 104 Å². The van der Waals surface area contributed by atoms with Gasteiger partial charge in [0, 0.05) is 0 Å². The van der Waals surface area contributed by atoms with Crippen molar-refractivity contribution in [3.8, 4) is 5.75 Å². The Morgan fingerprint density at radius 1 is 1.35 bits per heavy atom. The van der Waals surface area contributed by atoms with Gasteiger partial charge in [0.05, 0.1) is 5.56 Å². The molecule has 1 aromatic carbocycles. The van der Waals surface area contributed by atoms with E-state index >= 15 is 0 Å². The maximum Gasteiger partial charge on any atom is 0.252 e. The SMILES string of the molecule is NC(=O)c1ccccc1OCc1nnc(N)s1. The zero-order chi connectivity index (χ0) is 12.3. The quantitative estimate of drug-likeness (QED) is 0.835. The van der Waals surface area contributed by atoms with E-state index in [1.165, 1.54) is 11.3 Å². The molecule has 0 aliphatic rings. The summed E-state index contributed by atoms with van der Waals surface area (Å²) in [7, 11) is 0. The highest BCUT2D eigenvalue weighted by atomic mass is 32.1. The fourth-order valence-electron chi connectivity index (χ4n) is 1.26. The van der Waals surface area contributed by atoms with Crippen LogP contribution in [-0.4, -0.2) is 16.1 Å². The molecule has 0 atom stereocenters. The summed E-state index contributed by atoms with van der Waals surface area (Å²) in [4.78, 5) is 11.1. The Morgan fingerprint density at radius 3 is 2.76 bits per heavy atom. The number of ether oxygens (including phenoxy) is 1. The van der Waals surface area contributed by atoms with E-state index in [0.29, 0.717) is 21.5 Å². The van der Waals surface area contributed by atoms with Gasteiger partial charge in [-0.05, 0) is 12.1 Å². The number of carbonyl (C=O) groups is 1. The molecule has 1 heterocycles. The van der Waals surface area contributed by atoms with E-state index in [9.17, 15) is 4.79 Å². The number of nitrogens with two attached hydrogens (primary N) is 2. The molecule has 0 saturated carbocycles. The Kier molecular flexibility index (Phi) is 3.20. The van der Waals surface area contributed by atoms with Crippen LogP contribution in [-0.2, 0) is 6.61 Å². The minimum Gasteiger partial charge on any atom is -0.486 e. The Morgan fingerprint density at radius 2 is 2.12 bits per heavy atom. The summed E-state index contributed by atoms with van der Waals surface area (Å²) in [5.41, 5.74) is 11.0. The zero-order valence-electron chi connectivity index (χ0n) is 8.79.